The van der Waals surface area contributed by atoms with Gasteiger partial charge in [-0.25, -0.2) is 18.7 Å². The topological polar surface area (TPSA) is 115 Å². The molecular formula is C17H22F2N8O2. The van der Waals surface area contributed by atoms with Crippen molar-refractivity contribution in [2.24, 2.45) is 0 Å². The van der Waals surface area contributed by atoms with Crippen LogP contribution in [0.3, 0.4) is 0 Å². The standard InChI is InChI=1S/C17H22F2N8O2/c1-10-9-29-7-4-27(10)17-24-14(11-8-21-15(20)22-12(11)13(18)19)23-16(25-17)26-2-5-28-6-3-26/h8,10,13H,2-7,9H2,1H3,(H2,20,21,22). The van der Waals surface area contributed by atoms with Crippen molar-refractivity contribution in [1.29, 1.82) is 0 Å². The minimum Gasteiger partial charge on any atom is -0.378 e. The number of halogens is 2. The van der Waals surface area contributed by atoms with Crippen LogP contribution in [0.2, 0.25) is 0 Å². The number of aromatic nitrogens is 5. The molecule has 10 nitrogen and oxygen atoms in total. The van der Waals surface area contributed by atoms with Gasteiger partial charge in [-0.1, -0.05) is 0 Å². The van der Waals surface area contributed by atoms with Crippen molar-refractivity contribution in [3.05, 3.63) is 11.9 Å². The lowest BCUT2D eigenvalue weighted by Gasteiger charge is -2.34. The van der Waals surface area contributed by atoms with Crippen LogP contribution in [0.1, 0.15) is 19.0 Å². The van der Waals surface area contributed by atoms with Gasteiger partial charge in [0, 0.05) is 25.8 Å². The van der Waals surface area contributed by atoms with E-state index in [1.807, 2.05) is 16.7 Å². The van der Waals surface area contributed by atoms with Gasteiger partial charge < -0.3 is 25.0 Å². The highest BCUT2D eigenvalue weighted by molar-refractivity contribution is 5.61. The van der Waals surface area contributed by atoms with E-state index in [0.717, 1.165) is 0 Å². The number of anilines is 3. The lowest BCUT2D eigenvalue weighted by molar-refractivity contribution is 0.0980. The number of hydrogen-bond donors (Lipinski definition) is 1. The van der Waals surface area contributed by atoms with Gasteiger partial charge in [-0.2, -0.15) is 15.0 Å². The van der Waals surface area contributed by atoms with Crippen molar-refractivity contribution < 1.29 is 18.3 Å². The molecule has 0 spiro atoms. The molecule has 2 aliphatic rings. The molecule has 4 rings (SSSR count). The number of nitrogen functional groups attached to an aromatic ring is 1. The Balaban J connectivity index is 1.81. The monoisotopic (exact) mass is 408 g/mol. The Hall–Kier alpha value is -2.73. The van der Waals surface area contributed by atoms with E-state index < -0.39 is 12.1 Å². The summed E-state index contributed by atoms with van der Waals surface area (Å²) in [5, 5.41) is 0. The Morgan fingerprint density at radius 2 is 1.76 bits per heavy atom. The van der Waals surface area contributed by atoms with Gasteiger partial charge in [0.15, 0.2) is 5.82 Å². The molecule has 1 atom stereocenters. The average Bonchev–Trinajstić information content (AvgIpc) is 2.74. The van der Waals surface area contributed by atoms with Crippen molar-refractivity contribution in [1.82, 2.24) is 24.9 Å². The summed E-state index contributed by atoms with van der Waals surface area (Å²) in [6.07, 6.45) is -1.61. The van der Waals surface area contributed by atoms with E-state index in [1.54, 1.807) is 0 Å². The van der Waals surface area contributed by atoms with Crippen molar-refractivity contribution in [2.75, 3.05) is 61.6 Å². The third kappa shape index (κ3) is 4.17. The number of alkyl halides is 2. The van der Waals surface area contributed by atoms with Crippen LogP contribution in [0.25, 0.3) is 11.4 Å². The summed E-state index contributed by atoms with van der Waals surface area (Å²) in [5.74, 6) is 0.674. The molecule has 2 saturated heterocycles. The molecule has 0 aliphatic carbocycles. The highest BCUT2D eigenvalue weighted by Crippen LogP contribution is 2.30. The Kier molecular flexibility index (Phi) is 5.62. The van der Waals surface area contributed by atoms with E-state index in [4.69, 9.17) is 15.2 Å². The van der Waals surface area contributed by atoms with Crippen LogP contribution in [-0.2, 0) is 9.47 Å². The summed E-state index contributed by atoms with van der Waals surface area (Å²) in [5.41, 5.74) is 5.04. The largest absolute Gasteiger partial charge is 0.378 e. The van der Waals surface area contributed by atoms with Gasteiger partial charge >= 0.3 is 0 Å². The predicted molar refractivity (Wildman–Crippen MR) is 101 cm³/mol. The van der Waals surface area contributed by atoms with E-state index in [0.29, 0.717) is 58.0 Å². The molecule has 2 aliphatic heterocycles. The molecule has 0 bridgehead atoms. The van der Waals surface area contributed by atoms with Gasteiger partial charge in [0.05, 0.1) is 38.0 Å². The third-order valence-electron chi connectivity index (χ3n) is 4.81. The fraction of sp³-hybridized carbons (Fsp3) is 0.588. The maximum absolute atomic E-state index is 13.6. The molecule has 0 amide bonds. The fourth-order valence-electron chi connectivity index (χ4n) is 3.28. The quantitative estimate of drug-likeness (QED) is 0.782. The van der Waals surface area contributed by atoms with Crippen LogP contribution in [0, 0.1) is 0 Å². The van der Waals surface area contributed by atoms with E-state index in [-0.39, 0.29) is 23.4 Å². The van der Waals surface area contributed by atoms with Gasteiger partial charge in [-0.3, -0.25) is 0 Å². The minimum atomic E-state index is -2.84. The van der Waals surface area contributed by atoms with Gasteiger partial charge in [0.1, 0.15) is 5.69 Å². The maximum atomic E-state index is 13.6. The number of nitrogens with zero attached hydrogens (tertiary/aromatic N) is 7. The summed E-state index contributed by atoms with van der Waals surface area (Å²) in [7, 11) is 0. The molecule has 12 heteroatoms. The highest BCUT2D eigenvalue weighted by atomic mass is 19.3. The van der Waals surface area contributed by atoms with Crippen LogP contribution in [0.15, 0.2) is 6.20 Å². The first-order chi connectivity index (χ1) is 14.0. The SMILES string of the molecule is CC1COCCN1c1nc(-c2cnc(N)nc2C(F)F)nc(N2CCOCC2)n1. The molecule has 0 radical (unpaired) electrons. The molecule has 0 saturated carbocycles. The molecule has 0 aromatic carbocycles. The van der Waals surface area contributed by atoms with Crippen LogP contribution >= 0.6 is 0 Å². The first-order valence-corrected chi connectivity index (χ1v) is 9.37. The van der Waals surface area contributed by atoms with Crippen molar-refractivity contribution in [3.63, 3.8) is 0 Å². The summed E-state index contributed by atoms with van der Waals surface area (Å²) in [4.78, 5) is 25.0. The van der Waals surface area contributed by atoms with Gasteiger partial charge in [-0.05, 0) is 6.92 Å². The van der Waals surface area contributed by atoms with E-state index >= 15 is 0 Å². The zero-order chi connectivity index (χ0) is 20.4. The van der Waals surface area contributed by atoms with E-state index in [1.165, 1.54) is 6.20 Å². The molecule has 2 aromatic heterocycles. The highest BCUT2D eigenvalue weighted by Gasteiger charge is 2.27. The Morgan fingerprint density at radius 1 is 1.03 bits per heavy atom. The molecular weight excluding hydrogens is 386 g/mol. The summed E-state index contributed by atoms with van der Waals surface area (Å²) in [6, 6.07) is 0.0359. The second kappa shape index (κ2) is 8.33. The molecule has 1 unspecified atom stereocenters. The number of ether oxygens (including phenoxy) is 2. The Morgan fingerprint density at radius 3 is 2.48 bits per heavy atom. The Labute approximate surface area is 166 Å². The second-order valence-corrected chi connectivity index (χ2v) is 6.80. The molecule has 2 N–H and O–H groups in total. The van der Waals surface area contributed by atoms with Crippen molar-refractivity contribution in [3.8, 4) is 11.4 Å². The first kappa shape index (κ1) is 19.6. The summed E-state index contributed by atoms with van der Waals surface area (Å²) in [6.45, 7) is 5.92. The number of rotatable bonds is 4. The van der Waals surface area contributed by atoms with Crippen LogP contribution < -0.4 is 15.5 Å². The fourth-order valence-corrected chi connectivity index (χ4v) is 3.28. The predicted octanol–water partition coefficient (Wildman–Crippen LogP) is 0.910. The lowest BCUT2D eigenvalue weighted by Crippen LogP contribution is -2.45. The summed E-state index contributed by atoms with van der Waals surface area (Å²) < 4.78 is 38.1. The molecule has 156 valence electrons. The zero-order valence-corrected chi connectivity index (χ0v) is 16.0. The van der Waals surface area contributed by atoms with Gasteiger partial charge in [0.25, 0.3) is 6.43 Å². The number of morpholine rings is 2. The number of hydrogen-bond acceptors (Lipinski definition) is 10. The Bertz CT molecular complexity index is 865. The van der Waals surface area contributed by atoms with E-state index in [9.17, 15) is 8.78 Å². The summed E-state index contributed by atoms with van der Waals surface area (Å²) >= 11 is 0. The smallest absolute Gasteiger partial charge is 0.281 e. The molecule has 2 fully saturated rings. The van der Waals surface area contributed by atoms with Crippen LogP contribution in [0.4, 0.5) is 26.6 Å². The first-order valence-electron chi connectivity index (χ1n) is 9.37. The average molecular weight is 408 g/mol. The lowest BCUT2D eigenvalue weighted by atomic mass is 10.2. The van der Waals surface area contributed by atoms with Crippen LogP contribution in [-0.4, -0.2) is 77.0 Å². The van der Waals surface area contributed by atoms with Crippen molar-refractivity contribution in [2.45, 2.75) is 19.4 Å². The normalized spacial score (nSPS) is 20.3. The molecule has 2 aromatic rings. The second-order valence-electron chi connectivity index (χ2n) is 6.80. The van der Waals surface area contributed by atoms with E-state index in [2.05, 4.69) is 24.9 Å². The van der Waals surface area contributed by atoms with Crippen LogP contribution in [0.5, 0.6) is 0 Å². The molecule has 4 heterocycles. The maximum Gasteiger partial charge on any atom is 0.281 e. The van der Waals surface area contributed by atoms with Crippen molar-refractivity contribution >= 4 is 17.8 Å². The minimum absolute atomic E-state index is 0.0354. The third-order valence-corrected chi connectivity index (χ3v) is 4.81. The number of nitrogens with two attached hydrogens (primary N) is 1. The van der Waals surface area contributed by atoms with Gasteiger partial charge in [0.2, 0.25) is 17.8 Å². The molecule has 29 heavy (non-hydrogen) atoms. The zero-order valence-electron chi connectivity index (χ0n) is 16.0. The van der Waals surface area contributed by atoms with Gasteiger partial charge in [-0.15, -0.1) is 0 Å².